The quantitative estimate of drug-likeness (QED) is 0.691. The number of carbonyl (C=O) groups is 2. The number of aliphatic carboxylic acids is 1. The first-order valence-electron chi connectivity index (χ1n) is 7.34. The summed E-state index contributed by atoms with van der Waals surface area (Å²) in [6.07, 6.45) is 1.38. The molecule has 6 heteroatoms. The predicted molar refractivity (Wildman–Crippen MR) is 83.5 cm³/mol. The number of carboxylic acid groups (broad SMARTS) is 1. The molecule has 1 atom stereocenters. The number of rotatable bonds is 9. The van der Waals surface area contributed by atoms with Gasteiger partial charge in [-0.3, -0.25) is 14.9 Å². The van der Waals surface area contributed by atoms with Gasteiger partial charge in [-0.1, -0.05) is 0 Å². The topological polar surface area (TPSA) is 88.8 Å². The zero-order chi connectivity index (χ0) is 16.7. The highest BCUT2D eigenvalue weighted by Crippen LogP contribution is 2.14. The molecule has 0 spiro atoms. The van der Waals surface area contributed by atoms with E-state index in [1.807, 2.05) is 6.92 Å². The maximum atomic E-state index is 12.2. The summed E-state index contributed by atoms with van der Waals surface area (Å²) in [6.45, 7) is 2.67. The molecule has 122 valence electrons. The third-order valence-corrected chi connectivity index (χ3v) is 3.28. The average molecular weight is 317 g/mol. The molecule has 2 aromatic rings. The molecule has 1 unspecified atom stereocenters. The molecule has 0 radical (unpaired) electrons. The molecule has 1 aromatic heterocycles. The van der Waals surface area contributed by atoms with Crippen LogP contribution in [0.2, 0.25) is 0 Å². The first-order valence-corrected chi connectivity index (χ1v) is 7.34. The van der Waals surface area contributed by atoms with Crippen LogP contribution >= 0.6 is 0 Å². The van der Waals surface area contributed by atoms with Gasteiger partial charge < -0.3 is 14.3 Å². The van der Waals surface area contributed by atoms with Gasteiger partial charge in [0.1, 0.15) is 17.6 Å². The lowest BCUT2D eigenvalue weighted by Crippen LogP contribution is -2.38. The summed E-state index contributed by atoms with van der Waals surface area (Å²) in [5.41, 5.74) is 0.458. The van der Waals surface area contributed by atoms with Crippen LogP contribution in [0.5, 0.6) is 5.75 Å². The van der Waals surface area contributed by atoms with Crippen LogP contribution < -0.4 is 10.1 Å². The number of hydrogen-bond donors (Lipinski definition) is 2. The summed E-state index contributed by atoms with van der Waals surface area (Å²) in [6, 6.07) is 9.15. The second kappa shape index (κ2) is 8.14. The number of Topliss-reactive ketones (excluding diaryl/α,β-unsaturated/α-hetero) is 1. The number of benzene rings is 1. The van der Waals surface area contributed by atoms with E-state index < -0.39 is 12.0 Å². The summed E-state index contributed by atoms with van der Waals surface area (Å²) >= 11 is 0. The van der Waals surface area contributed by atoms with E-state index in [2.05, 4.69) is 5.32 Å². The Kier molecular flexibility index (Phi) is 5.94. The number of nitrogens with one attached hydrogen (secondary N) is 1. The van der Waals surface area contributed by atoms with Crippen LogP contribution in [-0.4, -0.2) is 29.5 Å². The van der Waals surface area contributed by atoms with Crippen molar-refractivity contribution in [2.45, 2.75) is 25.9 Å². The molecule has 0 aliphatic heterocycles. The molecule has 0 fully saturated rings. The zero-order valence-corrected chi connectivity index (χ0v) is 12.8. The number of furan rings is 1. The summed E-state index contributed by atoms with van der Waals surface area (Å²) < 4.78 is 10.4. The second-order valence-corrected chi connectivity index (χ2v) is 4.94. The third kappa shape index (κ3) is 4.96. The highest BCUT2D eigenvalue weighted by atomic mass is 16.5. The van der Waals surface area contributed by atoms with Crippen molar-refractivity contribution in [2.24, 2.45) is 0 Å². The smallest absolute Gasteiger partial charge is 0.321 e. The fourth-order valence-electron chi connectivity index (χ4n) is 2.09. The van der Waals surface area contributed by atoms with E-state index in [1.165, 1.54) is 6.26 Å². The van der Waals surface area contributed by atoms with Crippen molar-refractivity contribution in [1.29, 1.82) is 0 Å². The molecule has 1 heterocycles. The number of ketones is 1. The van der Waals surface area contributed by atoms with Crippen molar-refractivity contribution in [3.8, 4) is 5.75 Å². The molecule has 0 bridgehead atoms. The van der Waals surface area contributed by atoms with Crippen LogP contribution in [-0.2, 0) is 11.3 Å². The Morgan fingerprint density at radius 2 is 2.00 bits per heavy atom. The minimum atomic E-state index is -1.07. The number of carboxylic acids is 1. The fraction of sp³-hybridized carbons (Fsp3) is 0.294. The Hall–Kier alpha value is -2.60. The van der Waals surface area contributed by atoms with Crippen LogP contribution in [0, 0.1) is 0 Å². The predicted octanol–water partition coefficient (Wildman–Crippen LogP) is 2.49. The van der Waals surface area contributed by atoms with E-state index >= 15 is 0 Å². The van der Waals surface area contributed by atoms with Gasteiger partial charge in [0.25, 0.3) is 0 Å². The van der Waals surface area contributed by atoms with Crippen LogP contribution in [0.3, 0.4) is 0 Å². The third-order valence-electron chi connectivity index (χ3n) is 3.28. The summed E-state index contributed by atoms with van der Waals surface area (Å²) in [5, 5.41) is 12.1. The average Bonchev–Trinajstić information content (AvgIpc) is 3.05. The van der Waals surface area contributed by atoms with Crippen LogP contribution in [0.1, 0.15) is 29.5 Å². The van der Waals surface area contributed by atoms with Gasteiger partial charge in [0.15, 0.2) is 5.78 Å². The van der Waals surface area contributed by atoms with Crippen molar-refractivity contribution < 1.29 is 23.8 Å². The molecule has 0 amide bonds. The summed E-state index contributed by atoms with van der Waals surface area (Å²) in [5.74, 6) is -0.0252. The standard InChI is InChI=1S/C17H19NO5/c1-2-22-13-7-5-12(6-8-13)16(19)10-15(17(20)21)18-11-14-4-3-9-23-14/h3-9,15,18H,2,10-11H2,1H3,(H,20,21). The lowest BCUT2D eigenvalue weighted by molar-refractivity contribution is -0.139. The van der Waals surface area contributed by atoms with E-state index in [0.717, 1.165) is 0 Å². The van der Waals surface area contributed by atoms with E-state index in [9.17, 15) is 14.7 Å². The number of ether oxygens (including phenoxy) is 1. The molecule has 0 saturated carbocycles. The van der Waals surface area contributed by atoms with Crippen LogP contribution in [0.25, 0.3) is 0 Å². The van der Waals surface area contributed by atoms with Gasteiger partial charge in [0.2, 0.25) is 0 Å². The Labute approximate surface area is 134 Å². The Balaban J connectivity index is 1.95. The van der Waals surface area contributed by atoms with Crippen molar-refractivity contribution in [2.75, 3.05) is 6.61 Å². The largest absolute Gasteiger partial charge is 0.494 e. The van der Waals surface area contributed by atoms with Gasteiger partial charge >= 0.3 is 5.97 Å². The molecule has 23 heavy (non-hydrogen) atoms. The summed E-state index contributed by atoms with van der Waals surface area (Å²) in [7, 11) is 0. The SMILES string of the molecule is CCOc1ccc(C(=O)CC(NCc2ccco2)C(=O)O)cc1. The highest BCUT2D eigenvalue weighted by molar-refractivity contribution is 5.98. The molecule has 0 saturated heterocycles. The molecular formula is C17H19NO5. The first kappa shape index (κ1) is 16.8. The van der Waals surface area contributed by atoms with Crippen molar-refractivity contribution in [1.82, 2.24) is 5.32 Å². The van der Waals surface area contributed by atoms with Crippen molar-refractivity contribution in [3.05, 3.63) is 54.0 Å². The monoisotopic (exact) mass is 317 g/mol. The fourth-order valence-corrected chi connectivity index (χ4v) is 2.09. The van der Waals surface area contributed by atoms with Gasteiger partial charge in [0, 0.05) is 12.0 Å². The Morgan fingerprint density at radius 3 is 2.57 bits per heavy atom. The number of carbonyl (C=O) groups excluding carboxylic acids is 1. The Morgan fingerprint density at radius 1 is 1.26 bits per heavy atom. The molecular weight excluding hydrogens is 298 g/mol. The molecule has 0 aliphatic carbocycles. The lowest BCUT2D eigenvalue weighted by atomic mass is 10.0. The van der Waals surface area contributed by atoms with Crippen molar-refractivity contribution in [3.63, 3.8) is 0 Å². The van der Waals surface area contributed by atoms with E-state index in [-0.39, 0.29) is 18.7 Å². The minimum Gasteiger partial charge on any atom is -0.494 e. The minimum absolute atomic E-state index is 0.135. The molecule has 6 nitrogen and oxygen atoms in total. The van der Waals surface area contributed by atoms with Gasteiger partial charge in [-0.2, -0.15) is 0 Å². The second-order valence-electron chi connectivity index (χ2n) is 4.94. The van der Waals surface area contributed by atoms with Crippen LogP contribution in [0.15, 0.2) is 47.1 Å². The maximum absolute atomic E-state index is 12.2. The van der Waals surface area contributed by atoms with Crippen LogP contribution in [0.4, 0.5) is 0 Å². The highest BCUT2D eigenvalue weighted by Gasteiger charge is 2.21. The first-order chi connectivity index (χ1) is 11.1. The molecule has 0 aliphatic rings. The van der Waals surface area contributed by atoms with Gasteiger partial charge in [0.05, 0.1) is 19.4 Å². The van der Waals surface area contributed by atoms with E-state index in [0.29, 0.717) is 23.7 Å². The lowest BCUT2D eigenvalue weighted by Gasteiger charge is -2.13. The summed E-state index contributed by atoms with van der Waals surface area (Å²) in [4.78, 5) is 23.5. The number of hydrogen-bond acceptors (Lipinski definition) is 5. The molecule has 2 rings (SSSR count). The van der Waals surface area contributed by atoms with Gasteiger partial charge in [-0.05, 0) is 43.3 Å². The Bertz CT molecular complexity index is 634. The van der Waals surface area contributed by atoms with E-state index in [1.54, 1.807) is 36.4 Å². The maximum Gasteiger partial charge on any atom is 0.321 e. The van der Waals surface area contributed by atoms with Crippen molar-refractivity contribution >= 4 is 11.8 Å². The van der Waals surface area contributed by atoms with Gasteiger partial charge in [-0.15, -0.1) is 0 Å². The zero-order valence-electron chi connectivity index (χ0n) is 12.8. The normalized spacial score (nSPS) is 11.9. The molecule has 2 N–H and O–H groups in total. The molecule has 1 aromatic carbocycles. The van der Waals surface area contributed by atoms with E-state index in [4.69, 9.17) is 9.15 Å². The van der Waals surface area contributed by atoms with Gasteiger partial charge in [-0.25, -0.2) is 0 Å².